The summed E-state index contributed by atoms with van der Waals surface area (Å²) in [5, 5.41) is 19.4. The van der Waals surface area contributed by atoms with Crippen LogP contribution in [-0.2, 0) is 16.8 Å². The molecule has 1 aliphatic heterocycles. The minimum Gasteiger partial charge on any atom is -0.495 e. The molecule has 3 aromatic carbocycles. The molecule has 0 saturated carbocycles. The van der Waals surface area contributed by atoms with Gasteiger partial charge in [0.15, 0.2) is 0 Å². The van der Waals surface area contributed by atoms with Crippen molar-refractivity contribution < 1.29 is 28.2 Å². The molecule has 0 radical (unpaired) electrons. The maximum Gasteiger partial charge on any atom is 0.335 e. The molecule has 4 atom stereocenters. The zero-order valence-corrected chi connectivity index (χ0v) is 29.0. The van der Waals surface area contributed by atoms with Gasteiger partial charge in [-0.2, -0.15) is 0 Å². The summed E-state index contributed by atoms with van der Waals surface area (Å²) >= 11 is 12.6. The average Bonchev–Trinajstić information content (AvgIpc) is 3.35. The number of benzene rings is 3. The van der Waals surface area contributed by atoms with Gasteiger partial charge in [0.05, 0.1) is 29.4 Å². The number of aromatic nitrogens is 1. The van der Waals surface area contributed by atoms with Crippen molar-refractivity contribution in [2.45, 2.75) is 57.2 Å². The van der Waals surface area contributed by atoms with Crippen molar-refractivity contribution in [2.75, 3.05) is 19.0 Å². The molecule has 4 N–H and O–H groups in total. The van der Waals surface area contributed by atoms with Gasteiger partial charge in [-0.1, -0.05) is 68.2 Å². The largest absolute Gasteiger partial charge is 0.495 e. The number of amides is 1. The lowest BCUT2D eigenvalue weighted by molar-refractivity contribution is -0.118. The normalized spacial score (nSPS) is 20.6. The highest BCUT2D eigenvalue weighted by Crippen LogP contribution is 2.53. The number of methoxy groups -OCH3 is 1. The van der Waals surface area contributed by atoms with Crippen molar-refractivity contribution in [3.63, 3.8) is 0 Å². The summed E-state index contributed by atoms with van der Waals surface area (Å²) in [4.78, 5) is 30.3. The number of anilines is 1. The van der Waals surface area contributed by atoms with Crippen LogP contribution < -0.4 is 20.7 Å². The van der Waals surface area contributed by atoms with Crippen LogP contribution in [0.2, 0.25) is 10.0 Å². The minimum atomic E-state index is -1.28. The topological polar surface area (TPSA) is 113 Å². The molecule has 0 spiro atoms. The van der Waals surface area contributed by atoms with Crippen LogP contribution in [0.15, 0.2) is 79.1 Å². The molecule has 1 aliphatic rings. The van der Waals surface area contributed by atoms with Gasteiger partial charge < -0.3 is 25.8 Å². The molecule has 0 unspecified atom stereocenters. The Balaban J connectivity index is 1.72. The van der Waals surface area contributed by atoms with Crippen LogP contribution >= 0.6 is 23.2 Å². The van der Waals surface area contributed by atoms with Crippen LogP contribution in [0, 0.1) is 17.0 Å². The highest BCUT2D eigenvalue weighted by Gasteiger charge is 2.60. The van der Waals surface area contributed by atoms with E-state index in [1.165, 1.54) is 37.4 Å². The third kappa shape index (κ3) is 7.73. The number of halogens is 4. The minimum absolute atomic E-state index is 0.0325. The van der Waals surface area contributed by atoms with E-state index in [-0.39, 0.29) is 50.1 Å². The van der Waals surface area contributed by atoms with E-state index in [2.05, 4.69) is 20.9 Å². The molecule has 49 heavy (non-hydrogen) atoms. The van der Waals surface area contributed by atoms with Gasteiger partial charge in [0, 0.05) is 47.9 Å². The Hall–Kier alpha value is -4.09. The summed E-state index contributed by atoms with van der Waals surface area (Å²) < 4.78 is 38.1. The summed E-state index contributed by atoms with van der Waals surface area (Å²) in [5.74, 6) is -3.94. The fourth-order valence-corrected chi connectivity index (χ4v) is 7.22. The molecule has 12 heteroatoms. The van der Waals surface area contributed by atoms with Crippen LogP contribution in [0.3, 0.4) is 0 Å². The van der Waals surface area contributed by atoms with Gasteiger partial charge in [0.25, 0.3) is 0 Å². The van der Waals surface area contributed by atoms with Crippen LogP contribution in [0.1, 0.15) is 60.2 Å². The Labute approximate surface area is 294 Å². The maximum absolute atomic E-state index is 16.4. The maximum atomic E-state index is 16.4. The number of carboxylic acid groups (broad SMARTS) is 1. The SMILES string of the molecule is COc1cc(C(=O)O)ccc1NC(=O)[C@@H]1N[C@@H](CC(C)(C)C)[C@](CNCc2cccnc2)(c2ccc(Cl)cc2F)[C@H]1c1cccc(Cl)c1F. The molecule has 1 aromatic heterocycles. The molecule has 1 amide bonds. The number of hydrogen-bond acceptors (Lipinski definition) is 6. The van der Waals surface area contributed by atoms with E-state index in [0.717, 1.165) is 5.56 Å². The quantitative estimate of drug-likeness (QED) is 0.127. The van der Waals surface area contributed by atoms with Gasteiger partial charge in [0.1, 0.15) is 17.4 Å². The molecule has 0 aliphatic carbocycles. The van der Waals surface area contributed by atoms with Gasteiger partial charge in [0.2, 0.25) is 5.91 Å². The van der Waals surface area contributed by atoms with E-state index in [1.54, 1.807) is 36.7 Å². The van der Waals surface area contributed by atoms with Gasteiger partial charge in [-0.15, -0.1) is 0 Å². The van der Waals surface area contributed by atoms with E-state index in [4.69, 9.17) is 27.9 Å². The smallest absolute Gasteiger partial charge is 0.335 e. The number of pyridine rings is 1. The van der Waals surface area contributed by atoms with Crippen molar-refractivity contribution in [1.29, 1.82) is 0 Å². The van der Waals surface area contributed by atoms with Gasteiger partial charge in [-0.25, -0.2) is 13.6 Å². The first kappa shape index (κ1) is 36.2. The van der Waals surface area contributed by atoms with Crippen molar-refractivity contribution in [3.05, 3.63) is 123 Å². The number of nitrogens with zero attached hydrogens (tertiary/aromatic N) is 1. The number of hydrogen-bond donors (Lipinski definition) is 4. The first-order chi connectivity index (χ1) is 23.2. The lowest BCUT2D eigenvalue weighted by Crippen LogP contribution is -2.51. The summed E-state index contributed by atoms with van der Waals surface area (Å²) in [6.45, 7) is 6.60. The predicted molar refractivity (Wildman–Crippen MR) is 187 cm³/mol. The molecule has 5 rings (SSSR count). The Morgan fingerprint density at radius 3 is 2.49 bits per heavy atom. The number of carboxylic acids is 1. The first-order valence-corrected chi connectivity index (χ1v) is 16.5. The van der Waals surface area contributed by atoms with E-state index >= 15 is 8.78 Å². The van der Waals surface area contributed by atoms with Crippen molar-refractivity contribution in [1.82, 2.24) is 15.6 Å². The summed E-state index contributed by atoms with van der Waals surface area (Å²) in [6, 6.07) is 15.1. The Kier molecular flexibility index (Phi) is 10.9. The molecule has 2 heterocycles. The molecule has 8 nitrogen and oxygen atoms in total. The van der Waals surface area contributed by atoms with Crippen LogP contribution in [0.25, 0.3) is 0 Å². The molecule has 4 aromatic rings. The van der Waals surface area contributed by atoms with E-state index in [1.807, 2.05) is 32.9 Å². The third-order valence-electron chi connectivity index (χ3n) is 8.91. The molecular weight excluding hydrogens is 673 g/mol. The van der Waals surface area contributed by atoms with Crippen molar-refractivity contribution in [2.24, 2.45) is 5.41 Å². The van der Waals surface area contributed by atoms with Crippen LogP contribution in [0.5, 0.6) is 5.75 Å². The zero-order valence-electron chi connectivity index (χ0n) is 27.5. The van der Waals surface area contributed by atoms with Crippen molar-refractivity contribution >= 4 is 40.8 Å². The Morgan fingerprint density at radius 1 is 1.06 bits per heavy atom. The van der Waals surface area contributed by atoms with Gasteiger partial charge in [-0.05, 0) is 71.0 Å². The number of carbonyl (C=O) groups excluding carboxylic acids is 1. The molecule has 1 saturated heterocycles. The van der Waals surface area contributed by atoms with Gasteiger partial charge >= 0.3 is 5.97 Å². The number of aromatic carboxylic acids is 1. The lowest BCUT2D eigenvalue weighted by Gasteiger charge is -2.43. The highest BCUT2D eigenvalue weighted by atomic mass is 35.5. The number of ether oxygens (including phenoxy) is 1. The molecular formula is C37H38Cl2F2N4O4. The molecule has 258 valence electrons. The molecule has 0 bridgehead atoms. The number of carbonyl (C=O) groups is 2. The standard InChI is InChI=1S/C37H38Cl2F2N4O4/c1-36(2,3)17-30-37(25-12-11-23(38)16-27(25)40,20-43-19-21-7-6-14-42-18-21)31(24-8-5-9-26(39)32(24)41)33(45-30)34(46)44-28-13-10-22(35(47)48)15-29(28)49-4/h5-16,18,30-31,33,43,45H,17,19-20H2,1-4H3,(H,44,46)(H,47,48)/t30-,31-,33+,37-/m0/s1. The van der Waals surface area contributed by atoms with E-state index in [9.17, 15) is 14.7 Å². The monoisotopic (exact) mass is 710 g/mol. The Bertz CT molecular complexity index is 1840. The van der Waals surface area contributed by atoms with Crippen molar-refractivity contribution in [3.8, 4) is 5.75 Å². The fourth-order valence-electron chi connectivity index (χ4n) is 6.88. The van der Waals surface area contributed by atoms with Gasteiger partial charge in [-0.3, -0.25) is 9.78 Å². The summed E-state index contributed by atoms with van der Waals surface area (Å²) in [7, 11) is 1.36. The van der Waals surface area contributed by atoms with E-state index in [0.29, 0.717) is 13.0 Å². The second-order valence-electron chi connectivity index (χ2n) is 13.4. The average molecular weight is 712 g/mol. The fraction of sp³-hybridized carbons (Fsp3) is 0.324. The second-order valence-corrected chi connectivity index (χ2v) is 14.3. The second kappa shape index (κ2) is 14.8. The van der Waals surface area contributed by atoms with E-state index < -0.39 is 46.9 Å². The third-order valence-corrected chi connectivity index (χ3v) is 9.44. The van der Waals surface area contributed by atoms with Crippen LogP contribution in [0.4, 0.5) is 14.5 Å². The lowest BCUT2D eigenvalue weighted by atomic mass is 9.61. The first-order valence-electron chi connectivity index (χ1n) is 15.7. The number of nitrogens with one attached hydrogen (secondary N) is 3. The molecule has 1 fully saturated rings. The Morgan fingerprint density at radius 2 is 1.84 bits per heavy atom. The number of rotatable bonds is 11. The van der Waals surface area contributed by atoms with Crippen LogP contribution in [-0.4, -0.2) is 47.7 Å². The highest BCUT2D eigenvalue weighted by molar-refractivity contribution is 6.31. The zero-order chi connectivity index (χ0) is 35.5. The summed E-state index contributed by atoms with van der Waals surface area (Å²) in [5.41, 5.74) is -0.174. The summed E-state index contributed by atoms with van der Waals surface area (Å²) in [6.07, 6.45) is 3.85. The predicted octanol–water partition coefficient (Wildman–Crippen LogP) is 7.60.